The minimum absolute atomic E-state index is 0.0177. The van der Waals surface area contributed by atoms with Crippen LogP contribution in [-0.4, -0.2) is 45.3 Å². The Labute approximate surface area is 181 Å². The van der Waals surface area contributed by atoms with E-state index in [-0.39, 0.29) is 17.9 Å². The first kappa shape index (κ1) is 20.9. The third-order valence-corrected chi connectivity index (χ3v) is 5.57. The fraction of sp³-hybridized carbons (Fsp3) is 0.333. The Morgan fingerprint density at radius 3 is 2.77 bits per heavy atom. The summed E-state index contributed by atoms with van der Waals surface area (Å²) in [6, 6.07) is 14.8. The molecule has 160 valence electrons. The van der Waals surface area contributed by atoms with Gasteiger partial charge in [0.2, 0.25) is 0 Å². The van der Waals surface area contributed by atoms with Crippen molar-refractivity contribution in [2.75, 3.05) is 0 Å². The van der Waals surface area contributed by atoms with Crippen molar-refractivity contribution in [2.45, 2.75) is 50.8 Å². The number of hydrogen-bond acceptors (Lipinski definition) is 6. The van der Waals surface area contributed by atoms with Gasteiger partial charge in [-0.2, -0.15) is 15.0 Å². The number of para-hydroxylation sites is 1. The molecule has 1 aliphatic heterocycles. The Bertz CT molecular complexity index is 1030. The third-order valence-electron chi connectivity index (χ3n) is 5.57. The van der Waals surface area contributed by atoms with Crippen molar-refractivity contribution < 1.29 is 14.3 Å². The molecule has 3 aromatic rings. The molecule has 2 heterocycles. The topological polar surface area (TPSA) is 86.1 Å². The molecule has 0 spiro atoms. The van der Waals surface area contributed by atoms with E-state index in [4.69, 9.17) is 4.74 Å². The molecule has 2 aromatic carbocycles. The first-order valence-electron chi connectivity index (χ1n) is 10.6. The Balaban J connectivity index is 1.58. The predicted molar refractivity (Wildman–Crippen MR) is 117 cm³/mol. The second kappa shape index (κ2) is 9.66. The number of nitrogens with zero attached hydrogens (tertiary/aromatic N) is 3. The van der Waals surface area contributed by atoms with Crippen LogP contribution < -0.4 is 10.1 Å². The van der Waals surface area contributed by atoms with Crippen molar-refractivity contribution in [3.8, 4) is 11.4 Å². The molecule has 7 heteroatoms. The van der Waals surface area contributed by atoms with Crippen LogP contribution in [0.25, 0.3) is 5.69 Å². The average Bonchev–Trinajstić information content (AvgIpc) is 3.34. The summed E-state index contributed by atoms with van der Waals surface area (Å²) in [5.41, 5.74) is 2.30. The highest BCUT2D eigenvalue weighted by Crippen LogP contribution is 2.27. The molecule has 1 saturated heterocycles. The second-order valence-corrected chi connectivity index (χ2v) is 7.83. The minimum Gasteiger partial charge on any atom is -0.488 e. The van der Waals surface area contributed by atoms with E-state index in [0.717, 1.165) is 36.1 Å². The lowest BCUT2D eigenvalue weighted by molar-refractivity contribution is -0.107. The fourth-order valence-electron chi connectivity index (χ4n) is 3.96. The maximum atomic E-state index is 13.5. The number of carbonyl (C=O) groups excluding carboxylic acids is 2. The van der Waals surface area contributed by atoms with E-state index >= 15 is 0 Å². The number of aromatic nitrogens is 3. The number of aldehydes is 1. The highest BCUT2D eigenvalue weighted by atomic mass is 16.5. The summed E-state index contributed by atoms with van der Waals surface area (Å²) in [4.78, 5) is 25.8. The molecule has 7 nitrogen and oxygen atoms in total. The Hall–Kier alpha value is -3.32. The van der Waals surface area contributed by atoms with E-state index in [1.54, 1.807) is 18.5 Å². The van der Waals surface area contributed by atoms with Crippen LogP contribution in [0.3, 0.4) is 0 Å². The molecule has 0 aliphatic carbocycles. The standard InChI is InChI=1S/C24H26N4O3/c1-17-11-12-22(31-21-10-3-2-6-18(21)8-5-15-29)23(27-17)24(30)19-7-4-9-20(16-19)28-25-13-14-26-28/h2-4,6-7,9-10,13-17,22-23,27H,5,8,11-12H2,1H3. The van der Waals surface area contributed by atoms with Gasteiger partial charge in [0.25, 0.3) is 0 Å². The van der Waals surface area contributed by atoms with E-state index in [1.807, 2.05) is 42.5 Å². The monoisotopic (exact) mass is 418 g/mol. The van der Waals surface area contributed by atoms with Gasteiger partial charge >= 0.3 is 0 Å². The molecule has 0 saturated carbocycles. The SMILES string of the molecule is CC1CCC(Oc2ccccc2CCC=O)C(C(=O)c2cccc(-n3nccn3)c2)N1. The molecule has 1 aliphatic rings. The number of nitrogens with one attached hydrogen (secondary N) is 1. The lowest BCUT2D eigenvalue weighted by Crippen LogP contribution is -2.55. The van der Waals surface area contributed by atoms with Crippen LogP contribution in [0.2, 0.25) is 0 Å². The normalized spacial score (nSPS) is 20.9. The molecule has 3 atom stereocenters. The van der Waals surface area contributed by atoms with Gasteiger partial charge in [0.15, 0.2) is 5.78 Å². The van der Waals surface area contributed by atoms with Crippen LogP contribution in [-0.2, 0) is 11.2 Å². The highest BCUT2D eigenvalue weighted by molar-refractivity contribution is 6.01. The molecule has 1 aromatic heterocycles. The zero-order valence-electron chi connectivity index (χ0n) is 17.5. The number of hydrogen-bond donors (Lipinski definition) is 1. The van der Waals surface area contributed by atoms with Crippen molar-refractivity contribution in [1.82, 2.24) is 20.3 Å². The van der Waals surface area contributed by atoms with E-state index in [1.165, 1.54) is 4.80 Å². The lowest BCUT2D eigenvalue weighted by atomic mass is 9.90. The highest BCUT2D eigenvalue weighted by Gasteiger charge is 2.35. The molecular formula is C24H26N4O3. The van der Waals surface area contributed by atoms with Crippen LogP contribution in [0.5, 0.6) is 5.75 Å². The molecule has 0 radical (unpaired) electrons. The summed E-state index contributed by atoms with van der Waals surface area (Å²) in [5.74, 6) is 0.717. The van der Waals surface area contributed by atoms with Gasteiger partial charge in [0.05, 0.1) is 18.1 Å². The molecule has 31 heavy (non-hydrogen) atoms. The van der Waals surface area contributed by atoms with Crippen LogP contribution in [0.1, 0.15) is 42.1 Å². The Morgan fingerprint density at radius 2 is 1.97 bits per heavy atom. The van der Waals surface area contributed by atoms with Crippen molar-refractivity contribution >= 4 is 12.1 Å². The number of ketones is 1. The van der Waals surface area contributed by atoms with Gasteiger partial charge in [-0.25, -0.2) is 0 Å². The van der Waals surface area contributed by atoms with Gasteiger partial charge in [-0.05, 0) is 49.9 Å². The number of ether oxygens (including phenoxy) is 1. The Kier molecular flexibility index (Phi) is 6.52. The van der Waals surface area contributed by atoms with Crippen molar-refractivity contribution in [3.63, 3.8) is 0 Å². The number of piperidine rings is 1. The first-order valence-corrected chi connectivity index (χ1v) is 10.6. The van der Waals surface area contributed by atoms with E-state index in [9.17, 15) is 9.59 Å². The van der Waals surface area contributed by atoms with Crippen LogP contribution in [0, 0.1) is 0 Å². The number of Topliss-reactive ketones (excluding diaryl/α,β-unsaturated/α-hetero) is 1. The maximum absolute atomic E-state index is 13.5. The van der Waals surface area contributed by atoms with Gasteiger partial charge in [-0.3, -0.25) is 4.79 Å². The zero-order chi connectivity index (χ0) is 21.6. The molecular weight excluding hydrogens is 392 g/mol. The van der Waals surface area contributed by atoms with Crippen LogP contribution in [0.4, 0.5) is 0 Å². The van der Waals surface area contributed by atoms with Crippen molar-refractivity contribution in [2.24, 2.45) is 0 Å². The van der Waals surface area contributed by atoms with Gasteiger partial charge in [-0.1, -0.05) is 30.3 Å². The van der Waals surface area contributed by atoms with Gasteiger partial charge in [0, 0.05) is 18.0 Å². The lowest BCUT2D eigenvalue weighted by Gasteiger charge is -2.36. The number of benzene rings is 2. The predicted octanol–water partition coefficient (Wildman–Crippen LogP) is 3.17. The zero-order valence-corrected chi connectivity index (χ0v) is 17.5. The fourth-order valence-corrected chi connectivity index (χ4v) is 3.96. The van der Waals surface area contributed by atoms with E-state index < -0.39 is 6.04 Å². The molecule has 0 bridgehead atoms. The summed E-state index contributed by atoms with van der Waals surface area (Å²) < 4.78 is 6.36. The molecule has 1 fully saturated rings. The van der Waals surface area contributed by atoms with Crippen LogP contribution in [0.15, 0.2) is 60.9 Å². The summed E-state index contributed by atoms with van der Waals surface area (Å²) in [6.45, 7) is 2.08. The largest absolute Gasteiger partial charge is 0.488 e. The molecule has 1 N–H and O–H groups in total. The third kappa shape index (κ3) is 4.88. The smallest absolute Gasteiger partial charge is 0.183 e. The summed E-state index contributed by atoms with van der Waals surface area (Å²) in [6.07, 6.45) is 6.57. The molecule has 0 amide bonds. The average molecular weight is 418 g/mol. The maximum Gasteiger partial charge on any atom is 0.183 e. The first-order chi connectivity index (χ1) is 15.2. The van der Waals surface area contributed by atoms with Crippen molar-refractivity contribution in [1.29, 1.82) is 0 Å². The van der Waals surface area contributed by atoms with Gasteiger partial charge in [0.1, 0.15) is 24.2 Å². The van der Waals surface area contributed by atoms with E-state index in [0.29, 0.717) is 18.4 Å². The molecule has 3 unspecified atom stereocenters. The summed E-state index contributed by atoms with van der Waals surface area (Å²) in [7, 11) is 0. The van der Waals surface area contributed by atoms with Gasteiger partial charge in [-0.15, -0.1) is 0 Å². The summed E-state index contributed by atoms with van der Waals surface area (Å²) >= 11 is 0. The Morgan fingerprint density at radius 1 is 1.16 bits per heavy atom. The minimum atomic E-state index is -0.469. The number of rotatable bonds is 8. The number of carbonyl (C=O) groups is 2. The van der Waals surface area contributed by atoms with Crippen LogP contribution >= 0.6 is 0 Å². The van der Waals surface area contributed by atoms with Crippen molar-refractivity contribution in [3.05, 3.63) is 72.1 Å². The molecule has 4 rings (SSSR count). The quantitative estimate of drug-likeness (QED) is 0.447. The second-order valence-electron chi connectivity index (χ2n) is 7.83. The number of aryl methyl sites for hydroxylation is 1. The summed E-state index contributed by atoms with van der Waals surface area (Å²) in [5, 5.41) is 11.7. The van der Waals surface area contributed by atoms with Gasteiger partial charge < -0.3 is 14.8 Å². The van der Waals surface area contributed by atoms with E-state index in [2.05, 4.69) is 22.4 Å².